The summed E-state index contributed by atoms with van der Waals surface area (Å²) in [7, 11) is 0. The summed E-state index contributed by atoms with van der Waals surface area (Å²) in [6.45, 7) is 0.958. The van der Waals surface area contributed by atoms with Gasteiger partial charge in [-0.15, -0.1) is 0 Å². The quantitative estimate of drug-likeness (QED) is 0.557. The molecule has 0 heterocycles. The van der Waals surface area contributed by atoms with E-state index >= 15 is 0 Å². The standard InChI is InChI=1S/C9H9F2NO2/c1-6(5-10)7-2-3-8(11)9(4-7)12(13)14/h2-4,6H,5H2,1H3. The molecule has 0 aromatic heterocycles. The lowest BCUT2D eigenvalue weighted by Gasteiger charge is -2.06. The van der Waals surface area contributed by atoms with Crippen LogP contribution in [0.2, 0.25) is 0 Å². The summed E-state index contributed by atoms with van der Waals surface area (Å²) in [6, 6.07) is 3.41. The largest absolute Gasteiger partial charge is 0.305 e. The lowest BCUT2D eigenvalue weighted by atomic mass is 10.0. The van der Waals surface area contributed by atoms with Gasteiger partial charge in [0.2, 0.25) is 5.82 Å². The Bertz CT molecular complexity index is 355. The molecule has 0 radical (unpaired) electrons. The third kappa shape index (κ3) is 2.04. The van der Waals surface area contributed by atoms with Gasteiger partial charge in [-0.05, 0) is 11.6 Å². The molecular formula is C9H9F2NO2. The van der Waals surface area contributed by atoms with E-state index in [2.05, 4.69) is 0 Å². The third-order valence-corrected chi connectivity index (χ3v) is 1.97. The van der Waals surface area contributed by atoms with Crippen LogP contribution in [0.5, 0.6) is 0 Å². The average Bonchev–Trinajstić information content (AvgIpc) is 2.17. The molecule has 76 valence electrons. The SMILES string of the molecule is CC(CF)c1ccc(F)c([N+](=O)[O-])c1. The highest BCUT2D eigenvalue weighted by Crippen LogP contribution is 2.23. The number of halogens is 2. The number of alkyl halides is 1. The van der Waals surface area contributed by atoms with Crippen LogP contribution in [0, 0.1) is 15.9 Å². The molecule has 3 nitrogen and oxygen atoms in total. The summed E-state index contributed by atoms with van der Waals surface area (Å²) in [5.74, 6) is -1.35. The molecule has 0 saturated heterocycles. The molecule has 0 aliphatic carbocycles. The van der Waals surface area contributed by atoms with Crippen LogP contribution in [-0.4, -0.2) is 11.6 Å². The molecule has 1 atom stereocenters. The second-order valence-electron chi connectivity index (χ2n) is 3.02. The Kier molecular flexibility index (Phi) is 3.11. The maximum Gasteiger partial charge on any atom is 0.305 e. The van der Waals surface area contributed by atoms with Crippen LogP contribution < -0.4 is 0 Å². The molecule has 0 bridgehead atoms. The lowest BCUT2D eigenvalue weighted by Crippen LogP contribution is -1.99. The van der Waals surface area contributed by atoms with Gasteiger partial charge in [-0.1, -0.05) is 13.0 Å². The first kappa shape index (κ1) is 10.6. The molecule has 5 heteroatoms. The topological polar surface area (TPSA) is 43.1 Å². The number of hydrogen-bond donors (Lipinski definition) is 0. The zero-order valence-electron chi connectivity index (χ0n) is 7.54. The van der Waals surface area contributed by atoms with E-state index < -0.39 is 29.0 Å². The first-order chi connectivity index (χ1) is 6.56. The summed E-state index contributed by atoms with van der Waals surface area (Å²) in [6.07, 6.45) is 0. The van der Waals surface area contributed by atoms with Crippen molar-refractivity contribution in [3.63, 3.8) is 0 Å². The summed E-state index contributed by atoms with van der Waals surface area (Å²) in [4.78, 5) is 9.54. The molecule has 0 amide bonds. The zero-order chi connectivity index (χ0) is 10.7. The van der Waals surface area contributed by atoms with Gasteiger partial charge in [-0.2, -0.15) is 4.39 Å². The van der Waals surface area contributed by atoms with E-state index in [4.69, 9.17) is 0 Å². The van der Waals surface area contributed by atoms with E-state index in [9.17, 15) is 18.9 Å². The summed E-state index contributed by atoms with van der Waals surface area (Å²) >= 11 is 0. The van der Waals surface area contributed by atoms with Crippen LogP contribution in [0.4, 0.5) is 14.5 Å². The fourth-order valence-corrected chi connectivity index (χ4v) is 1.07. The molecule has 0 fully saturated rings. The predicted octanol–water partition coefficient (Wildman–Crippen LogP) is 2.81. The van der Waals surface area contributed by atoms with Crippen molar-refractivity contribution >= 4 is 5.69 Å². The van der Waals surface area contributed by atoms with Crippen molar-refractivity contribution < 1.29 is 13.7 Å². The Labute approximate surface area is 79.5 Å². The first-order valence-corrected chi connectivity index (χ1v) is 4.06. The maximum atomic E-state index is 12.9. The fraction of sp³-hybridized carbons (Fsp3) is 0.333. The molecular weight excluding hydrogens is 192 g/mol. The predicted molar refractivity (Wildman–Crippen MR) is 47.4 cm³/mol. The van der Waals surface area contributed by atoms with Crippen LogP contribution in [0.15, 0.2) is 18.2 Å². The minimum atomic E-state index is -0.898. The molecule has 0 saturated carbocycles. The Morgan fingerprint density at radius 1 is 1.57 bits per heavy atom. The minimum absolute atomic E-state index is 0.431. The lowest BCUT2D eigenvalue weighted by molar-refractivity contribution is -0.387. The van der Waals surface area contributed by atoms with E-state index in [1.165, 1.54) is 6.07 Å². The van der Waals surface area contributed by atoms with Crippen LogP contribution in [-0.2, 0) is 0 Å². The van der Waals surface area contributed by atoms with Crippen molar-refractivity contribution in [2.45, 2.75) is 12.8 Å². The molecule has 1 unspecified atom stereocenters. The number of benzene rings is 1. The Hall–Kier alpha value is -1.52. The highest BCUT2D eigenvalue weighted by atomic mass is 19.1. The highest BCUT2D eigenvalue weighted by molar-refractivity contribution is 5.37. The molecule has 14 heavy (non-hydrogen) atoms. The van der Waals surface area contributed by atoms with Gasteiger partial charge in [0.1, 0.15) is 0 Å². The average molecular weight is 201 g/mol. The molecule has 1 rings (SSSR count). The van der Waals surface area contributed by atoms with Crippen molar-refractivity contribution in [3.8, 4) is 0 Å². The van der Waals surface area contributed by atoms with Crippen LogP contribution in [0.25, 0.3) is 0 Å². The van der Waals surface area contributed by atoms with Gasteiger partial charge in [0.25, 0.3) is 0 Å². The summed E-state index contributed by atoms with van der Waals surface area (Å²) in [5, 5.41) is 10.4. The van der Waals surface area contributed by atoms with Crippen molar-refractivity contribution in [3.05, 3.63) is 39.7 Å². The Balaban J connectivity index is 3.12. The van der Waals surface area contributed by atoms with E-state index in [1.54, 1.807) is 6.92 Å². The molecule has 0 spiro atoms. The van der Waals surface area contributed by atoms with E-state index in [-0.39, 0.29) is 0 Å². The van der Waals surface area contributed by atoms with Crippen molar-refractivity contribution in [1.82, 2.24) is 0 Å². The van der Waals surface area contributed by atoms with E-state index in [0.29, 0.717) is 5.56 Å². The minimum Gasteiger partial charge on any atom is -0.258 e. The number of nitrogens with zero attached hydrogens (tertiary/aromatic N) is 1. The summed E-state index contributed by atoms with van der Waals surface area (Å²) in [5.41, 5.74) is -0.177. The van der Waals surface area contributed by atoms with Crippen LogP contribution >= 0.6 is 0 Å². The highest BCUT2D eigenvalue weighted by Gasteiger charge is 2.16. The van der Waals surface area contributed by atoms with Crippen molar-refractivity contribution in [2.75, 3.05) is 6.67 Å². The van der Waals surface area contributed by atoms with Gasteiger partial charge < -0.3 is 0 Å². The number of hydrogen-bond acceptors (Lipinski definition) is 2. The number of nitro groups is 1. The van der Waals surface area contributed by atoms with Crippen LogP contribution in [0.3, 0.4) is 0 Å². The molecule has 0 N–H and O–H groups in total. The molecule has 0 aliphatic rings. The van der Waals surface area contributed by atoms with Crippen molar-refractivity contribution in [1.29, 1.82) is 0 Å². The zero-order valence-corrected chi connectivity index (χ0v) is 7.54. The molecule has 1 aromatic carbocycles. The second-order valence-corrected chi connectivity index (χ2v) is 3.02. The van der Waals surface area contributed by atoms with Gasteiger partial charge >= 0.3 is 5.69 Å². The monoisotopic (exact) mass is 201 g/mol. The summed E-state index contributed by atoms with van der Waals surface area (Å²) < 4.78 is 25.1. The second kappa shape index (κ2) is 4.13. The number of rotatable bonds is 3. The molecule has 0 aliphatic heterocycles. The smallest absolute Gasteiger partial charge is 0.258 e. The van der Waals surface area contributed by atoms with Gasteiger partial charge in [0.15, 0.2) is 0 Å². The van der Waals surface area contributed by atoms with Gasteiger partial charge in [-0.25, -0.2) is 0 Å². The van der Waals surface area contributed by atoms with Gasteiger partial charge in [0, 0.05) is 12.0 Å². The normalized spacial score (nSPS) is 12.5. The Morgan fingerprint density at radius 3 is 2.71 bits per heavy atom. The van der Waals surface area contributed by atoms with E-state index in [0.717, 1.165) is 12.1 Å². The van der Waals surface area contributed by atoms with Crippen LogP contribution in [0.1, 0.15) is 18.4 Å². The van der Waals surface area contributed by atoms with Crippen molar-refractivity contribution in [2.24, 2.45) is 0 Å². The molecule has 1 aromatic rings. The number of nitro benzene ring substituents is 1. The van der Waals surface area contributed by atoms with Gasteiger partial charge in [-0.3, -0.25) is 14.5 Å². The third-order valence-electron chi connectivity index (χ3n) is 1.97. The Morgan fingerprint density at radius 2 is 2.21 bits per heavy atom. The fourth-order valence-electron chi connectivity index (χ4n) is 1.07. The first-order valence-electron chi connectivity index (χ1n) is 4.06. The maximum absolute atomic E-state index is 12.9. The van der Waals surface area contributed by atoms with E-state index in [1.807, 2.05) is 0 Å². The van der Waals surface area contributed by atoms with Gasteiger partial charge in [0.05, 0.1) is 11.6 Å².